The van der Waals surface area contributed by atoms with Crippen LogP contribution >= 0.6 is 0 Å². The first-order valence-corrected chi connectivity index (χ1v) is 7.16. The third-order valence-electron chi connectivity index (χ3n) is 3.07. The summed E-state index contributed by atoms with van der Waals surface area (Å²) in [6.07, 6.45) is 6.48. The summed E-state index contributed by atoms with van der Waals surface area (Å²) in [6, 6.07) is 4.02. The molecule has 0 unspecified atom stereocenters. The standard InChI is InChI=1S/C16H22N4/c1-4-14-6-5-7-18-15(14)16-19-10-13(11-20-16)9-17-8-12(2)3/h5-7,10-12,17H,4,8-9H2,1-3H3. The van der Waals surface area contributed by atoms with Gasteiger partial charge < -0.3 is 5.32 Å². The van der Waals surface area contributed by atoms with E-state index in [4.69, 9.17) is 0 Å². The molecule has 0 radical (unpaired) electrons. The lowest BCUT2D eigenvalue weighted by molar-refractivity contribution is 0.551. The van der Waals surface area contributed by atoms with Gasteiger partial charge in [0.25, 0.3) is 0 Å². The topological polar surface area (TPSA) is 50.7 Å². The normalized spacial score (nSPS) is 11.0. The van der Waals surface area contributed by atoms with Crippen molar-refractivity contribution in [3.63, 3.8) is 0 Å². The SMILES string of the molecule is CCc1cccnc1-c1ncc(CNCC(C)C)cn1. The van der Waals surface area contributed by atoms with Crippen LogP contribution in [0.2, 0.25) is 0 Å². The number of aryl methyl sites for hydroxylation is 1. The zero-order valence-electron chi connectivity index (χ0n) is 12.4. The summed E-state index contributed by atoms with van der Waals surface area (Å²) in [5.41, 5.74) is 3.17. The van der Waals surface area contributed by atoms with Crippen LogP contribution in [0.5, 0.6) is 0 Å². The minimum absolute atomic E-state index is 0.649. The number of hydrogen-bond acceptors (Lipinski definition) is 4. The van der Waals surface area contributed by atoms with Crippen molar-refractivity contribution in [2.24, 2.45) is 5.92 Å². The summed E-state index contributed by atoms with van der Waals surface area (Å²) in [6.45, 7) is 8.31. The van der Waals surface area contributed by atoms with Gasteiger partial charge in [0.05, 0.1) is 0 Å². The highest BCUT2D eigenvalue weighted by Gasteiger charge is 2.07. The molecule has 1 N–H and O–H groups in total. The Balaban J connectivity index is 2.08. The minimum Gasteiger partial charge on any atom is -0.312 e. The average Bonchev–Trinajstić information content (AvgIpc) is 2.47. The van der Waals surface area contributed by atoms with E-state index in [2.05, 4.69) is 47.1 Å². The molecule has 0 aliphatic heterocycles. The van der Waals surface area contributed by atoms with Crippen molar-refractivity contribution in [2.75, 3.05) is 6.54 Å². The van der Waals surface area contributed by atoms with Crippen molar-refractivity contribution in [3.05, 3.63) is 41.9 Å². The van der Waals surface area contributed by atoms with E-state index < -0.39 is 0 Å². The second-order valence-electron chi connectivity index (χ2n) is 5.30. The molecule has 0 saturated carbocycles. The molecule has 0 fully saturated rings. The van der Waals surface area contributed by atoms with Gasteiger partial charge in [0.2, 0.25) is 0 Å². The first kappa shape index (κ1) is 14.6. The second-order valence-corrected chi connectivity index (χ2v) is 5.30. The highest BCUT2D eigenvalue weighted by Crippen LogP contribution is 2.17. The van der Waals surface area contributed by atoms with E-state index in [9.17, 15) is 0 Å². The molecule has 0 amide bonds. The van der Waals surface area contributed by atoms with Gasteiger partial charge in [-0.15, -0.1) is 0 Å². The maximum atomic E-state index is 4.44. The van der Waals surface area contributed by atoms with Crippen molar-refractivity contribution in [3.8, 4) is 11.5 Å². The molecule has 106 valence electrons. The molecule has 0 aromatic carbocycles. The Morgan fingerprint density at radius 2 is 1.90 bits per heavy atom. The summed E-state index contributed by atoms with van der Waals surface area (Å²) in [5.74, 6) is 1.35. The molecule has 0 aliphatic rings. The Kier molecular flexibility index (Phi) is 5.18. The first-order chi connectivity index (χ1) is 9.70. The number of aromatic nitrogens is 3. The maximum Gasteiger partial charge on any atom is 0.178 e. The lowest BCUT2D eigenvalue weighted by Crippen LogP contribution is -2.19. The van der Waals surface area contributed by atoms with Gasteiger partial charge in [-0.25, -0.2) is 9.97 Å². The van der Waals surface area contributed by atoms with E-state index in [0.717, 1.165) is 30.8 Å². The monoisotopic (exact) mass is 270 g/mol. The van der Waals surface area contributed by atoms with Gasteiger partial charge in [-0.05, 0) is 30.5 Å². The third kappa shape index (κ3) is 3.84. The van der Waals surface area contributed by atoms with Crippen molar-refractivity contribution < 1.29 is 0 Å². The van der Waals surface area contributed by atoms with Gasteiger partial charge in [0, 0.05) is 30.7 Å². The zero-order chi connectivity index (χ0) is 14.4. The molecule has 2 aromatic rings. The molecule has 4 nitrogen and oxygen atoms in total. The Labute approximate surface area is 120 Å². The predicted molar refractivity (Wildman–Crippen MR) is 81.2 cm³/mol. The highest BCUT2D eigenvalue weighted by molar-refractivity contribution is 5.54. The number of pyridine rings is 1. The van der Waals surface area contributed by atoms with Crippen LogP contribution in [0.1, 0.15) is 31.9 Å². The van der Waals surface area contributed by atoms with Gasteiger partial charge in [0.1, 0.15) is 5.69 Å². The second kappa shape index (κ2) is 7.10. The minimum atomic E-state index is 0.649. The molecule has 4 heteroatoms. The van der Waals surface area contributed by atoms with Crippen LogP contribution in [0, 0.1) is 5.92 Å². The molecule has 0 spiro atoms. The lowest BCUT2D eigenvalue weighted by Gasteiger charge is -2.08. The quantitative estimate of drug-likeness (QED) is 0.877. The van der Waals surface area contributed by atoms with E-state index in [1.807, 2.05) is 18.5 Å². The highest BCUT2D eigenvalue weighted by atomic mass is 14.9. The van der Waals surface area contributed by atoms with Crippen molar-refractivity contribution in [1.82, 2.24) is 20.3 Å². The van der Waals surface area contributed by atoms with E-state index in [0.29, 0.717) is 11.7 Å². The summed E-state index contributed by atoms with van der Waals surface area (Å²) < 4.78 is 0. The van der Waals surface area contributed by atoms with Crippen molar-refractivity contribution in [1.29, 1.82) is 0 Å². The van der Waals surface area contributed by atoms with Crippen LogP contribution < -0.4 is 5.32 Å². The Morgan fingerprint density at radius 1 is 1.15 bits per heavy atom. The summed E-state index contributed by atoms with van der Waals surface area (Å²) >= 11 is 0. The van der Waals surface area contributed by atoms with Gasteiger partial charge >= 0.3 is 0 Å². The molecule has 2 heterocycles. The Hall–Kier alpha value is -1.81. The average molecular weight is 270 g/mol. The number of nitrogens with zero attached hydrogens (tertiary/aromatic N) is 3. The number of nitrogens with one attached hydrogen (secondary N) is 1. The van der Waals surface area contributed by atoms with Crippen LogP contribution in [0.4, 0.5) is 0 Å². The van der Waals surface area contributed by atoms with Gasteiger partial charge in [-0.1, -0.05) is 26.8 Å². The van der Waals surface area contributed by atoms with Crippen LogP contribution in [0.3, 0.4) is 0 Å². The Bertz CT molecular complexity index is 534. The van der Waals surface area contributed by atoms with Crippen LogP contribution in [0.15, 0.2) is 30.7 Å². The number of hydrogen-bond donors (Lipinski definition) is 1. The van der Waals surface area contributed by atoms with Crippen LogP contribution in [-0.4, -0.2) is 21.5 Å². The largest absolute Gasteiger partial charge is 0.312 e. The van der Waals surface area contributed by atoms with Gasteiger partial charge in [0.15, 0.2) is 5.82 Å². The van der Waals surface area contributed by atoms with E-state index in [-0.39, 0.29) is 0 Å². The molecular formula is C16H22N4. The van der Waals surface area contributed by atoms with E-state index in [1.165, 1.54) is 5.56 Å². The number of rotatable bonds is 6. The molecule has 2 aromatic heterocycles. The summed E-state index contributed by atoms with van der Waals surface area (Å²) in [7, 11) is 0. The fraction of sp³-hybridized carbons (Fsp3) is 0.438. The summed E-state index contributed by atoms with van der Waals surface area (Å²) in [5, 5.41) is 3.39. The van der Waals surface area contributed by atoms with Crippen molar-refractivity contribution in [2.45, 2.75) is 33.7 Å². The zero-order valence-corrected chi connectivity index (χ0v) is 12.4. The van der Waals surface area contributed by atoms with Gasteiger partial charge in [-0.2, -0.15) is 0 Å². The third-order valence-corrected chi connectivity index (χ3v) is 3.07. The first-order valence-electron chi connectivity index (χ1n) is 7.16. The molecule has 2 rings (SSSR count). The molecule has 0 bridgehead atoms. The van der Waals surface area contributed by atoms with Gasteiger partial charge in [-0.3, -0.25) is 4.98 Å². The van der Waals surface area contributed by atoms with Crippen LogP contribution in [-0.2, 0) is 13.0 Å². The molecular weight excluding hydrogens is 248 g/mol. The predicted octanol–water partition coefficient (Wildman–Crippen LogP) is 2.85. The smallest absolute Gasteiger partial charge is 0.178 e. The lowest BCUT2D eigenvalue weighted by atomic mass is 10.1. The molecule has 0 saturated heterocycles. The summed E-state index contributed by atoms with van der Waals surface area (Å²) in [4.78, 5) is 13.3. The fourth-order valence-corrected chi connectivity index (χ4v) is 2.00. The molecule has 0 aliphatic carbocycles. The Morgan fingerprint density at radius 3 is 2.55 bits per heavy atom. The van der Waals surface area contributed by atoms with E-state index in [1.54, 1.807) is 6.20 Å². The fourth-order valence-electron chi connectivity index (χ4n) is 2.00. The van der Waals surface area contributed by atoms with E-state index >= 15 is 0 Å². The molecule has 20 heavy (non-hydrogen) atoms. The van der Waals surface area contributed by atoms with Crippen LogP contribution in [0.25, 0.3) is 11.5 Å². The molecule has 0 atom stereocenters. The maximum absolute atomic E-state index is 4.44. The van der Waals surface area contributed by atoms with Crippen molar-refractivity contribution >= 4 is 0 Å².